The number of nitrogens with one attached hydrogen (secondary N) is 1. The first kappa shape index (κ1) is 15.1. The first-order valence-corrected chi connectivity index (χ1v) is 6.90. The van der Waals surface area contributed by atoms with Crippen LogP contribution in [0.25, 0.3) is 5.65 Å². The highest BCUT2D eigenvalue weighted by Crippen LogP contribution is 2.30. The highest BCUT2D eigenvalue weighted by Gasteiger charge is 2.30. The zero-order valence-electron chi connectivity index (χ0n) is 11.9. The Bertz CT molecular complexity index is 882. The van der Waals surface area contributed by atoms with E-state index in [4.69, 9.17) is 0 Å². The van der Waals surface area contributed by atoms with Gasteiger partial charge in [-0.2, -0.15) is 13.2 Å². The maximum atomic E-state index is 12.6. The number of rotatable bonds is 4. The second-order valence-electron chi connectivity index (χ2n) is 4.94. The number of hydrogen-bond acceptors (Lipinski definition) is 3. The molecule has 0 saturated heterocycles. The van der Waals surface area contributed by atoms with E-state index in [2.05, 4.69) is 10.4 Å². The lowest BCUT2D eigenvalue weighted by Crippen LogP contribution is -2.24. The van der Waals surface area contributed by atoms with Gasteiger partial charge in [-0.25, -0.2) is 9.48 Å². The molecule has 0 fully saturated rings. The second kappa shape index (κ2) is 5.79. The number of hydrogen-bond donors (Lipinski definition) is 1. The third-order valence-corrected chi connectivity index (χ3v) is 3.33. The molecule has 2 aromatic heterocycles. The standard InChI is InChI=1S/C15H13F3N4O/c16-15(17,18)11-4-3-5-12(10-11)19-7-9-22-14(23)21-8-2-1-6-13(21)20-22/h1-6,8,10,19H,7,9H2. The van der Waals surface area contributed by atoms with Crippen molar-refractivity contribution in [2.75, 3.05) is 11.9 Å². The van der Waals surface area contributed by atoms with Crippen molar-refractivity contribution in [3.05, 3.63) is 64.7 Å². The molecule has 0 unspecified atom stereocenters. The van der Waals surface area contributed by atoms with E-state index in [0.29, 0.717) is 11.3 Å². The fourth-order valence-electron chi connectivity index (χ4n) is 2.23. The molecule has 0 amide bonds. The van der Waals surface area contributed by atoms with Gasteiger partial charge < -0.3 is 5.32 Å². The Morgan fingerprint density at radius 1 is 1.13 bits per heavy atom. The molecule has 1 N–H and O–H groups in total. The first-order chi connectivity index (χ1) is 10.9. The van der Waals surface area contributed by atoms with Crippen molar-refractivity contribution in [1.82, 2.24) is 14.2 Å². The van der Waals surface area contributed by atoms with Crippen LogP contribution >= 0.6 is 0 Å². The Kier molecular flexibility index (Phi) is 3.81. The smallest absolute Gasteiger partial charge is 0.383 e. The third-order valence-electron chi connectivity index (χ3n) is 3.33. The largest absolute Gasteiger partial charge is 0.416 e. The van der Waals surface area contributed by atoms with E-state index in [0.717, 1.165) is 12.1 Å². The number of halogens is 3. The molecule has 1 aromatic carbocycles. The number of pyridine rings is 1. The molecule has 0 bridgehead atoms. The van der Waals surface area contributed by atoms with Crippen molar-refractivity contribution in [2.24, 2.45) is 0 Å². The van der Waals surface area contributed by atoms with Crippen LogP contribution in [-0.2, 0) is 12.7 Å². The van der Waals surface area contributed by atoms with Gasteiger partial charge in [0.25, 0.3) is 0 Å². The molecule has 8 heteroatoms. The van der Waals surface area contributed by atoms with Gasteiger partial charge in [0.1, 0.15) is 0 Å². The maximum absolute atomic E-state index is 12.6. The molecular weight excluding hydrogens is 309 g/mol. The van der Waals surface area contributed by atoms with Crippen LogP contribution in [0.5, 0.6) is 0 Å². The lowest BCUT2D eigenvalue weighted by atomic mass is 10.2. The lowest BCUT2D eigenvalue weighted by Gasteiger charge is -2.10. The van der Waals surface area contributed by atoms with Gasteiger partial charge in [-0.1, -0.05) is 12.1 Å². The van der Waals surface area contributed by atoms with E-state index in [1.807, 2.05) is 0 Å². The van der Waals surface area contributed by atoms with Gasteiger partial charge in [0, 0.05) is 18.4 Å². The van der Waals surface area contributed by atoms with Gasteiger partial charge in [0.05, 0.1) is 12.1 Å². The highest BCUT2D eigenvalue weighted by atomic mass is 19.4. The molecule has 120 valence electrons. The van der Waals surface area contributed by atoms with Crippen LogP contribution in [0.15, 0.2) is 53.5 Å². The predicted octanol–water partition coefficient (Wildman–Crippen LogP) is 2.63. The molecule has 3 rings (SSSR count). The average molecular weight is 322 g/mol. The number of fused-ring (bicyclic) bond motifs is 1. The summed E-state index contributed by atoms with van der Waals surface area (Å²) in [6, 6.07) is 10.1. The molecule has 2 heterocycles. The minimum Gasteiger partial charge on any atom is -0.383 e. The summed E-state index contributed by atoms with van der Waals surface area (Å²) in [6.45, 7) is 0.530. The number of benzene rings is 1. The molecule has 3 aromatic rings. The topological polar surface area (TPSA) is 51.3 Å². The summed E-state index contributed by atoms with van der Waals surface area (Å²) >= 11 is 0. The summed E-state index contributed by atoms with van der Waals surface area (Å²) in [5.41, 5.74) is -0.132. The minimum absolute atomic E-state index is 0.247. The number of anilines is 1. The maximum Gasteiger partial charge on any atom is 0.416 e. The van der Waals surface area contributed by atoms with Gasteiger partial charge in [-0.3, -0.25) is 4.40 Å². The summed E-state index contributed by atoms with van der Waals surface area (Å²) in [6.07, 6.45) is -2.77. The second-order valence-corrected chi connectivity index (χ2v) is 4.94. The van der Waals surface area contributed by atoms with Crippen molar-refractivity contribution in [3.63, 3.8) is 0 Å². The Morgan fingerprint density at radius 2 is 1.96 bits per heavy atom. The van der Waals surface area contributed by atoms with Crippen LogP contribution in [0.2, 0.25) is 0 Å². The van der Waals surface area contributed by atoms with E-state index < -0.39 is 11.7 Å². The average Bonchev–Trinajstić information content (AvgIpc) is 2.84. The van der Waals surface area contributed by atoms with E-state index in [9.17, 15) is 18.0 Å². The first-order valence-electron chi connectivity index (χ1n) is 6.90. The van der Waals surface area contributed by atoms with E-state index in [1.54, 1.807) is 30.5 Å². The SMILES string of the molecule is O=c1n(CCNc2cccc(C(F)(F)F)c2)nc2ccccn12. The monoisotopic (exact) mass is 322 g/mol. The number of nitrogens with zero attached hydrogens (tertiary/aromatic N) is 3. The Hall–Kier alpha value is -2.77. The van der Waals surface area contributed by atoms with Gasteiger partial charge in [-0.15, -0.1) is 5.10 Å². The van der Waals surface area contributed by atoms with Crippen LogP contribution in [0.1, 0.15) is 5.56 Å². The molecule has 23 heavy (non-hydrogen) atoms. The fraction of sp³-hybridized carbons (Fsp3) is 0.200. The minimum atomic E-state index is -4.38. The van der Waals surface area contributed by atoms with Crippen molar-refractivity contribution < 1.29 is 13.2 Å². The van der Waals surface area contributed by atoms with Crippen LogP contribution in [-0.4, -0.2) is 20.7 Å². The molecule has 0 aliphatic heterocycles. The van der Waals surface area contributed by atoms with Crippen molar-refractivity contribution in [1.29, 1.82) is 0 Å². The molecule has 0 radical (unpaired) electrons. The Labute approximate surface area is 129 Å². The fourth-order valence-corrected chi connectivity index (χ4v) is 2.23. The van der Waals surface area contributed by atoms with E-state index in [-0.39, 0.29) is 18.8 Å². The van der Waals surface area contributed by atoms with E-state index >= 15 is 0 Å². The molecular formula is C15H13F3N4O. The van der Waals surface area contributed by atoms with Gasteiger partial charge >= 0.3 is 11.9 Å². The molecule has 0 aliphatic rings. The predicted molar refractivity (Wildman–Crippen MR) is 79.4 cm³/mol. The normalized spacial score (nSPS) is 11.8. The van der Waals surface area contributed by atoms with Crippen LogP contribution < -0.4 is 11.0 Å². The molecule has 5 nitrogen and oxygen atoms in total. The van der Waals surface area contributed by atoms with Crippen LogP contribution in [0.3, 0.4) is 0 Å². The number of aromatic nitrogens is 3. The van der Waals surface area contributed by atoms with Crippen molar-refractivity contribution in [2.45, 2.75) is 12.7 Å². The van der Waals surface area contributed by atoms with Crippen molar-refractivity contribution >= 4 is 11.3 Å². The van der Waals surface area contributed by atoms with Gasteiger partial charge in [-0.05, 0) is 30.3 Å². The zero-order chi connectivity index (χ0) is 16.4. The van der Waals surface area contributed by atoms with E-state index in [1.165, 1.54) is 15.1 Å². The van der Waals surface area contributed by atoms with Gasteiger partial charge in [0.2, 0.25) is 0 Å². The van der Waals surface area contributed by atoms with Crippen molar-refractivity contribution in [3.8, 4) is 0 Å². The third kappa shape index (κ3) is 3.20. The summed E-state index contributed by atoms with van der Waals surface area (Å²) in [4.78, 5) is 12.0. The quantitative estimate of drug-likeness (QED) is 0.803. The van der Waals surface area contributed by atoms with Crippen LogP contribution in [0.4, 0.5) is 18.9 Å². The molecule has 0 saturated carbocycles. The van der Waals surface area contributed by atoms with Crippen LogP contribution in [0, 0.1) is 0 Å². The molecule has 0 aliphatic carbocycles. The molecule has 0 atom stereocenters. The zero-order valence-corrected chi connectivity index (χ0v) is 11.9. The van der Waals surface area contributed by atoms with Gasteiger partial charge in [0.15, 0.2) is 5.65 Å². The summed E-state index contributed by atoms with van der Waals surface area (Å²) in [5.74, 6) is 0. The molecule has 0 spiro atoms. The summed E-state index contributed by atoms with van der Waals surface area (Å²) in [7, 11) is 0. The highest BCUT2D eigenvalue weighted by molar-refractivity contribution is 5.46. The summed E-state index contributed by atoms with van der Waals surface area (Å²) < 4.78 is 40.6. The number of alkyl halides is 3. The summed E-state index contributed by atoms with van der Waals surface area (Å²) in [5, 5.41) is 7.02. The lowest BCUT2D eigenvalue weighted by molar-refractivity contribution is -0.137. The Balaban J connectivity index is 1.69. The Morgan fingerprint density at radius 3 is 2.70 bits per heavy atom.